The van der Waals surface area contributed by atoms with Crippen molar-refractivity contribution in [3.63, 3.8) is 0 Å². The fraction of sp³-hybridized carbons (Fsp3) is 0.855. The molecule has 10 aliphatic rings. The minimum absolute atomic E-state index is 0.00591. The fourth-order valence-electron chi connectivity index (χ4n) is 20.0. The van der Waals surface area contributed by atoms with Gasteiger partial charge in [-0.3, -0.25) is 4.79 Å². The van der Waals surface area contributed by atoms with Crippen molar-refractivity contribution >= 4 is 5.78 Å². The maximum Gasteiger partial charge on any atom is 0.182 e. The van der Waals surface area contributed by atoms with Crippen LogP contribution in [-0.4, -0.2) is 157 Å². The number of carbonyl (C=O) groups excluding carboxylic acids is 1. The summed E-state index contributed by atoms with van der Waals surface area (Å²) >= 11 is 0. The molecule has 0 bridgehead atoms. The maximum absolute atomic E-state index is 16.1. The van der Waals surface area contributed by atoms with Crippen molar-refractivity contribution in [1.29, 1.82) is 0 Å². The van der Waals surface area contributed by atoms with E-state index in [1.807, 2.05) is 31.4 Å². The lowest BCUT2D eigenvalue weighted by atomic mass is 9.37. The number of nitrogens with two attached hydrogens (primary N) is 1. The number of rotatable bonds is 17. The van der Waals surface area contributed by atoms with Crippen molar-refractivity contribution in [2.45, 2.75) is 227 Å². The van der Waals surface area contributed by atoms with Crippen molar-refractivity contribution < 1.29 is 60.2 Å². The third kappa shape index (κ3) is 9.48. The van der Waals surface area contributed by atoms with Gasteiger partial charge < -0.3 is 77.1 Å². The second-order valence-corrected chi connectivity index (χ2v) is 27.5. The molecule has 1 unspecified atom stereocenters. The predicted molar refractivity (Wildman–Crippen MR) is 296 cm³/mol. The van der Waals surface area contributed by atoms with Gasteiger partial charge in [-0.1, -0.05) is 44.4 Å². The van der Waals surface area contributed by atoms with Crippen LogP contribution in [-0.2, 0) is 14.3 Å². The van der Waals surface area contributed by atoms with Crippen LogP contribution in [0.1, 0.15) is 162 Å². The number of ketones is 1. The Hall–Kier alpha value is -2.29. The van der Waals surface area contributed by atoms with Gasteiger partial charge in [0.1, 0.15) is 5.60 Å². The molecular formula is C62H100N4O12. The smallest absolute Gasteiger partial charge is 0.182 e. The number of carbonyl (C=O) groups is 1. The van der Waals surface area contributed by atoms with Crippen LogP contribution in [0.2, 0.25) is 0 Å². The quantitative estimate of drug-likeness (QED) is 0.0906. The van der Waals surface area contributed by atoms with Crippen LogP contribution in [0, 0.1) is 63.6 Å². The Morgan fingerprint density at radius 2 is 1.73 bits per heavy atom. The zero-order chi connectivity index (χ0) is 55.8. The molecule has 0 aromatic heterocycles. The Morgan fingerprint density at radius 3 is 2.44 bits per heavy atom. The number of dihydropyridines is 1. The van der Waals surface area contributed by atoms with Crippen molar-refractivity contribution in [3.8, 4) is 0 Å². The highest BCUT2D eigenvalue weighted by molar-refractivity contribution is 6.00. The van der Waals surface area contributed by atoms with Gasteiger partial charge in [0.05, 0.1) is 65.3 Å². The summed E-state index contributed by atoms with van der Waals surface area (Å²) in [5.74, 6) is -3.74. The van der Waals surface area contributed by atoms with Crippen LogP contribution in [0.25, 0.3) is 0 Å². The third-order valence-corrected chi connectivity index (χ3v) is 23.4. The molecule has 78 heavy (non-hydrogen) atoms. The van der Waals surface area contributed by atoms with Gasteiger partial charge in [-0.25, -0.2) is 0 Å². The molecule has 0 radical (unpaired) electrons. The molecule has 2 heterocycles. The second kappa shape index (κ2) is 22.4. The first-order valence-electron chi connectivity index (χ1n) is 30.8. The average Bonchev–Trinajstić information content (AvgIpc) is 3.14. The molecule has 0 amide bonds. The molecule has 8 aliphatic carbocycles. The Morgan fingerprint density at radius 1 is 0.974 bits per heavy atom. The van der Waals surface area contributed by atoms with Gasteiger partial charge in [0.2, 0.25) is 0 Å². The van der Waals surface area contributed by atoms with Crippen LogP contribution >= 0.6 is 0 Å². The summed E-state index contributed by atoms with van der Waals surface area (Å²) in [6, 6.07) is 0. The molecule has 20 atom stereocenters. The highest BCUT2D eigenvalue weighted by Crippen LogP contribution is 2.77. The summed E-state index contributed by atoms with van der Waals surface area (Å²) in [5.41, 5.74) is -1.72. The number of aliphatic hydroxyl groups is 9. The molecule has 16 nitrogen and oxygen atoms in total. The lowest BCUT2D eigenvalue weighted by molar-refractivity contribution is -0.277. The molecule has 2 aliphatic heterocycles. The largest absolute Gasteiger partial charge is 0.396 e. The van der Waals surface area contributed by atoms with E-state index in [9.17, 15) is 40.9 Å². The Labute approximate surface area is 464 Å². The molecule has 440 valence electrons. The fourth-order valence-corrected chi connectivity index (χ4v) is 20.0. The van der Waals surface area contributed by atoms with Gasteiger partial charge >= 0.3 is 0 Å². The summed E-state index contributed by atoms with van der Waals surface area (Å²) in [5, 5.41) is 125. The number of Topliss-reactive ketones (excluding diaryl/α,β-unsaturated/α-hetero) is 1. The van der Waals surface area contributed by atoms with E-state index in [1.165, 1.54) is 0 Å². The van der Waals surface area contributed by atoms with E-state index in [0.717, 1.165) is 75.6 Å². The Kier molecular flexibility index (Phi) is 16.9. The summed E-state index contributed by atoms with van der Waals surface area (Å²) in [4.78, 5) is 16.1. The number of allylic oxidation sites excluding steroid dienone is 5. The highest BCUT2D eigenvalue weighted by Gasteiger charge is 2.80. The van der Waals surface area contributed by atoms with Gasteiger partial charge in [0, 0.05) is 68.2 Å². The lowest BCUT2D eigenvalue weighted by Gasteiger charge is -2.69. The molecule has 14 N–H and O–H groups in total. The topological polar surface area (TPSA) is 280 Å². The van der Waals surface area contributed by atoms with Crippen LogP contribution in [0.3, 0.4) is 0 Å². The van der Waals surface area contributed by atoms with E-state index in [0.29, 0.717) is 56.6 Å². The van der Waals surface area contributed by atoms with Crippen molar-refractivity contribution in [3.05, 3.63) is 46.8 Å². The number of methoxy groups -OCH3 is 1. The Balaban J connectivity index is 1.19. The third-order valence-electron chi connectivity index (χ3n) is 23.4. The SMILES string of the molecule is CCC[C@@H]1CC[C@H]2[C@H]3[C@@H](O[C@@H]2CC1)[C@@](O)([C@](C)(O)[C@H]1CC[C@@]2(O)C4=C(NC[C@H](C)O)C(=O)[C@@H]5C[C@@H](O)[C@@H](O)C[C@@]56C[C@H](C5=C(CCCO)NC(N)C=C5)C=C[C@@](O)(C[C@]12C1CCC(CCOC)(CNC)CC1)[C@@H]46)CCC[C@@H]3O. The number of fused-ring (bicyclic) bond motifs is 5. The number of ether oxygens (including phenoxy) is 2. The normalized spacial score (nSPS) is 47.3. The zero-order valence-corrected chi connectivity index (χ0v) is 47.7. The van der Waals surface area contributed by atoms with Crippen LogP contribution in [0.5, 0.6) is 0 Å². The van der Waals surface area contributed by atoms with E-state index in [1.54, 1.807) is 21.0 Å². The van der Waals surface area contributed by atoms with Crippen molar-refractivity contribution in [1.82, 2.24) is 16.0 Å². The first kappa shape index (κ1) is 58.9. The van der Waals surface area contributed by atoms with Crippen LogP contribution < -0.4 is 21.7 Å². The van der Waals surface area contributed by atoms with E-state index in [2.05, 4.69) is 22.9 Å². The molecule has 6 saturated carbocycles. The number of aliphatic hydroxyl groups excluding tert-OH is 5. The molecule has 7 fully saturated rings. The van der Waals surface area contributed by atoms with E-state index >= 15 is 9.90 Å². The van der Waals surface area contributed by atoms with Gasteiger partial charge in [-0.15, -0.1) is 0 Å². The molecule has 1 spiro atoms. The summed E-state index contributed by atoms with van der Waals surface area (Å²) in [6.45, 7) is 6.83. The summed E-state index contributed by atoms with van der Waals surface area (Å²) < 4.78 is 12.9. The monoisotopic (exact) mass is 1090 g/mol. The summed E-state index contributed by atoms with van der Waals surface area (Å²) in [7, 11) is 3.68. The van der Waals surface area contributed by atoms with E-state index in [-0.39, 0.29) is 92.9 Å². The maximum atomic E-state index is 16.1. The molecule has 10 rings (SSSR count). The zero-order valence-electron chi connectivity index (χ0n) is 47.7. The first-order valence-corrected chi connectivity index (χ1v) is 30.8. The predicted octanol–water partition coefficient (Wildman–Crippen LogP) is 4.29. The number of hydrogen-bond acceptors (Lipinski definition) is 16. The molecule has 0 aromatic rings. The minimum Gasteiger partial charge on any atom is -0.396 e. The molecular weight excluding hydrogens is 993 g/mol. The van der Waals surface area contributed by atoms with Gasteiger partial charge in [0.25, 0.3) is 0 Å². The van der Waals surface area contributed by atoms with Gasteiger partial charge in [0.15, 0.2) is 5.78 Å². The minimum atomic E-state index is -1.98. The lowest BCUT2D eigenvalue weighted by Crippen LogP contribution is -2.74. The summed E-state index contributed by atoms with van der Waals surface area (Å²) in [6.07, 6.45) is 14.1. The van der Waals surface area contributed by atoms with Crippen LogP contribution in [0.4, 0.5) is 0 Å². The number of nitrogens with one attached hydrogen (secondary N) is 3. The van der Waals surface area contributed by atoms with Crippen LogP contribution in [0.15, 0.2) is 46.8 Å². The molecule has 0 aromatic carbocycles. The molecule has 1 saturated heterocycles. The standard InChI is InChI=1S/C62H100N4O12/c1-6-9-37-12-14-41-47(16-13-37)78-55-50(41)44(69)11-7-22-62(55,76)56(3,73)48-21-26-61(75)51-52(65-33-36(2)68)53(72)42-30-45(70)46(71)32-58(42)31-38(40-15-17-49(63)66-43(40)10-8-28-67)18-25-59(74,54(51)58)34-60(48,61)39-19-23-57(24-20-39,35-64-4)27-29-77-5/h15,17-18,25,36-39,41-42,44-50,54-55,64-71,73-76H,6-14,16,19-24,26-35,63H2,1-5H3/t36-,37+,38+,39?,41+,42-,44-,45+,46-,47+,48+,49?,50+,54-,55+,56+,57?,58-,59+,60-,61+,62+/m0/s1. The number of hydrogen-bond donors (Lipinski definition) is 13. The molecule has 16 heteroatoms. The van der Waals surface area contributed by atoms with Crippen molar-refractivity contribution in [2.75, 3.05) is 40.5 Å². The highest BCUT2D eigenvalue weighted by atomic mass is 16.5. The Bertz CT molecular complexity index is 2300. The first-order chi connectivity index (χ1) is 37.1. The van der Waals surface area contributed by atoms with Gasteiger partial charge in [-0.05, 0) is 195 Å². The average molecular weight is 1090 g/mol. The van der Waals surface area contributed by atoms with Crippen molar-refractivity contribution in [2.24, 2.45) is 69.3 Å². The van der Waals surface area contributed by atoms with E-state index < -0.39 is 99.5 Å². The van der Waals surface area contributed by atoms with E-state index in [4.69, 9.17) is 15.2 Å². The van der Waals surface area contributed by atoms with Gasteiger partial charge in [-0.2, -0.15) is 0 Å². The second-order valence-electron chi connectivity index (χ2n) is 27.5.